The fraction of sp³-hybridized carbons (Fsp3) is 0.300. The van der Waals surface area contributed by atoms with E-state index in [1.807, 2.05) is 25.1 Å². The first-order chi connectivity index (χ1) is 6.50. The van der Waals surface area contributed by atoms with Crippen molar-refractivity contribution >= 4 is 41.0 Å². The summed E-state index contributed by atoms with van der Waals surface area (Å²) in [6.07, 6.45) is 0.387. The average Bonchev–Trinajstić information content (AvgIpc) is 2.11. The van der Waals surface area contributed by atoms with Crippen molar-refractivity contribution < 1.29 is 9.90 Å². The molecule has 15 heavy (non-hydrogen) atoms. The molecule has 3 nitrogen and oxygen atoms in total. The number of hydrogen-bond acceptors (Lipinski definition) is 2. The van der Waals surface area contributed by atoms with E-state index in [0.29, 0.717) is 6.42 Å². The van der Waals surface area contributed by atoms with Crippen molar-refractivity contribution in [2.75, 3.05) is 0 Å². The second-order valence-corrected chi connectivity index (χ2v) is 4.47. The van der Waals surface area contributed by atoms with Gasteiger partial charge in [-0.3, -0.25) is 4.79 Å². The SMILES string of the molecule is Cc1ccc(I)cc1C[C@@H](N)C(=O)O.Cl. The van der Waals surface area contributed by atoms with E-state index in [-0.39, 0.29) is 12.4 Å². The quantitative estimate of drug-likeness (QED) is 0.826. The largest absolute Gasteiger partial charge is 0.480 e. The van der Waals surface area contributed by atoms with Crippen molar-refractivity contribution in [1.29, 1.82) is 0 Å². The lowest BCUT2D eigenvalue weighted by molar-refractivity contribution is -0.138. The third kappa shape index (κ3) is 4.36. The molecule has 0 saturated heterocycles. The minimum Gasteiger partial charge on any atom is -0.480 e. The van der Waals surface area contributed by atoms with E-state index < -0.39 is 12.0 Å². The van der Waals surface area contributed by atoms with E-state index in [0.717, 1.165) is 14.7 Å². The van der Waals surface area contributed by atoms with Gasteiger partial charge in [0.2, 0.25) is 0 Å². The van der Waals surface area contributed by atoms with Crippen LogP contribution in [-0.2, 0) is 11.2 Å². The van der Waals surface area contributed by atoms with Crippen LogP contribution in [0.3, 0.4) is 0 Å². The van der Waals surface area contributed by atoms with Crippen LogP contribution in [-0.4, -0.2) is 17.1 Å². The summed E-state index contributed by atoms with van der Waals surface area (Å²) in [7, 11) is 0. The monoisotopic (exact) mass is 341 g/mol. The number of hydrogen-bond donors (Lipinski definition) is 2. The van der Waals surface area contributed by atoms with Crippen LogP contribution in [0.1, 0.15) is 11.1 Å². The molecule has 3 N–H and O–H groups in total. The second kappa shape index (κ2) is 6.30. The van der Waals surface area contributed by atoms with Gasteiger partial charge in [0.25, 0.3) is 0 Å². The minimum absolute atomic E-state index is 0. The number of aliphatic carboxylic acids is 1. The molecule has 0 amide bonds. The van der Waals surface area contributed by atoms with Crippen molar-refractivity contribution in [2.45, 2.75) is 19.4 Å². The van der Waals surface area contributed by atoms with Gasteiger partial charge >= 0.3 is 5.97 Å². The highest BCUT2D eigenvalue weighted by atomic mass is 127. The van der Waals surface area contributed by atoms with Crippen molar-refractivity contribution in [1.82, 2.24) is 0 Å². The van der Waals surface area contributed by atoms with Crippen molar-refractivity contribution in [3.8, 4) is 0 Å². The van der Waals surface area contributed by atoms with E-state index in [1.165, 1.54) is 0 Å². The molecule has 0 saturated carbocycles. The lowest BCUT2D eigenvalue weighted by Gasteiger charge is -2.09. The number of aryl methyl sites for hydroxylation is 1. The molecule has 1 aromatic rings. The zero-order chi connectivity index (χ0) is 10.7. The summed E-state index contributed by atoms with van der Waals surface area (Å²) in [5.74, 6) is -0.955. The first-order valence-corrected chi connectivity index (χ1v) is 5.32. The maximum Gasteiger partial charge on any atom is 0.320 e. The third-order valence-electron chi connectivity index (χ3n) is 2.07. The molecule has 0 heterocycles. The predicted molar refractivity (Wildman–Crippen MR) is 70.5 cm³/mol. The van der Waals surface area contributed by atoms with Gasteiger partial charge in [0, 0.05) is 3.57 Å². The maximum atomic E-state index is 10.6. The van der Waals surface area contributed by atoms with Gasteiger partial charge in [0.15, 0.2) is 0 Å². The lowest BCUT2D eigenvalue weighted by atomic mass is 10.0. The fourth-order valence-electron chi connectivity index (χ4n) is 1.18. The Morgan fingerprint density at radius 3 is 2.73 bits per heavy atom. The lowest BCUT2D eigenvalue weighted by Crippen LogP contribution is -2.32. The molecule has 0 bridgehead atoms. The molecule has 0 fully saturated rings. The van der Waals surface area contributed by atoms with E-state index in [4.69, 9.17) is 10.8 Å². The normalized spacial score (nSPS) is 11.7. The Balaban J connectivity index is 0.00000196. The Morgan fingerprint density at radius 1 is 1.60 bits per heavy atom. The van der Waals surface area contributed by atoms with Gasteiger partial charge in [-0.2, -0.15) is 0 Å². The Labute approximate surface area is 109 Å². The Hall–Kier alpha value is -0.330. The van der Waals surface area contributed by atoms with E-state index in [1.54, 1.807) is 0 Å². The van der Waals surface area contributed by atoms with E-state index in [9.17, 15) is 4.79 Å². The smallest absolute Gasteiger partial charge is 0.320 e. The molecule has 1 atom stereocenters. The number of halogens is 2. The fourth-order valence-corrected chi connectivity index (χ4v) is 1.74. The van der Waals surface area contributed by atoms with Crippen LogP contribution >= 0.6 is 35.0 Å². The van der Waals surface area contributed by atoms with Gasteiger partial charge in [0.05, 0.1) is 0 Å². The average molecular weight is 342 g/mol. The first kappa shape index (κ1) is 14.7. The van der Waals surface area contributed by atoms with Crippen molar-refractivity contribution in [3.63, 3.8) is 0 Å². The van der Waals surface area contributed by atoms with Crippen molar-refractivity contribution in [3.05, 3.63) is 32.9 Å². The van der Waals surface area contributed by atoms with Crippen molar-refractivity contribution in [2.24, 2.45) is 5.73 Å². The second-order valence-electron chi connectivity index (χ2n) is 3.22. The topological polar surface area (TPSA) is 63.3 Å². The van der Waals surface area contributed by atoms with Crippen LogP contribution in [0, 0.1) is 10.5 Å². The minimum atomic E-state index is -0.955. The Morgan fingerprint density at radius 2 is 2.20 bits per heavy atom. The molecule has 0 unspecified atom stereocenters. The van der Waals surface area contributed by atoms with Crippen LogP contribution in [0.5, 0.6) is 0 Å². The van der Waals surface area contributed by atoms with E-state index >= 15 is 0 Å². The van der Waals surface area contributed by atoms with E-state index in [2.05, 4.69) is 22.6 Å². The zero-order valence-electron chi connectivity index (χ0n) is 8.24. The van der Waals surface area contributed by atoms with Gasteiger partial charge in [-0.05, 0) is 59.2 Å². The Kier molecular flexibility index (Phi) is 6.16. The van der Waals surface area contributed by atoms with Gasteiger partial charge in [-0.1, -0.05) is 6.07 Å². The summed E-state index contributed by atoms with van der Waals surface area (Å²) in [5.41, 5.74) is 7.56. The molecule has 0 radical (unpaired) electrons. The molecular formula is C10H13ClINO2. The van der Waals surface area contributed by atoms with Crippen LogP contribution in [0.4, 0.5) is 0 Å². The summed E-state index contributed by atoms with van der Waals surface area (Å²) >= 11 is 2.20. The molecule has 0 aliphatic carbocycles. The highest BCUT2D eigenvalue weighted by Crippen LogP contribution is 2.14. The molecule has 84 valence electrons. The predicted octanol–water partition coefficient (Wildman–Crippen LogP) is 1.98. The van der Waals surface area contributed by atoms with Crippen LogP contribution in [0.15, 0.2) is 18.2 Å². The molecular weight excluding hydrogens is 328 g/mol. The number of carbonyl (C=O) groups is 1. The first-order valence-electron chi connectivity index (χ1n) is 4.24. The Bertz CT molecular complexity index is 357. The van der Waals surface area contributed by atoms with Crippen LogP contribution < -0.4 is 5.73 Å². The molecule has 1 aromatic carbocycles. The third-order valence-corrected chi connectivity index (χ3v) is 2.74. The summed E-state index contributed by atoms with van der Waals surface area (Å²) < 4.78 is 1.10. The highest BCUT2D eigenvalue weighted by Gasteiger charge is 2.13. The molecule has 5 heteroatoms. The summed E-state index contributed by atoms with van der Waals surface area (Å²) in [6, 6.07) is 5.13. The van der Waals surface area contributed by atoms with Gasteiger partial charge in [-0.15, -0.1) is 12.4 Å². The highest BCUT2D eigenvalue weighted by molar-refractivity contribution is 14.1. The molecule has 0 spiro atoms. The summed E-state index contributed by atoms with van der Waals surface area (Å²) in [6.45, 7) is 1.96. The maximum absolute atomic E-state index is 10.6. The zero-order valence-corrected chi connectivity index (χ0v) is 11.2. The number of benzene rings is 1. The van der Waals surface area contributed by atoms with Gasteiger partial charge < -0.3 is 10.8 Å². The van der Waals surface area contributed by atoms with Gasteiger partial charge in [0.1, 0.15) is 6.04 Å². The number of carboxylic acids is 1. The molecule has 1 rings (SSSR count). The van der Waals surface area contributed by atoms with Crippen LogP contribution in [0.25, 0.3) is 0 Å². The molecule has 0 aliphatic rings. The number of carboxylic acid groups (broad SMARTS) is 1. The standard InChI is InChI=1S/C10H12INO2.ClH/c1-6-2-3-8(11)4-7(6)5-9(12)10(13)14;/h2-4,9H,5,12H2,1H3,(H,13,14);1H/t9-;/m1./s1. The summed E-state index contributed by atoms with van der Waals surface area (Å²) in [4.78, 5) is 10.6. The molecule has 0 aromatic heterocycles. The number of rotatable bonds is 3. The van der Waals surface area contributed by atoms with Crippen LogP contribution in [0.2, 0.25) is 0 Å². The van der Waals surface area contributed by atoms with Gasteiger partial charge in [-0.25, -0.2) is 0 Å². The number of nitrogens with two attached hydrogens (primary N) is 1. The summed E-state index contributed by atoms with van der Waals surface area (Å²) in [5, 5.41) is 8.68. The molecule has 0 aliphatic heterocycles.